The summed E-state index contributed by atoms with van der Waals surface area (Å²) in [6.45, 7) is 2.83. The average molecular weight is 341 g/mol. The number of piperazine rings is 1. The molecule has 1 saturated heterocycles. The van der Waals surface area contributed by atoms with Gasteiger partial charge >= 0.3 is 0 Å². The first kappa shape index (κ1) is 16.8. The van der Waals surface area contributed by atoms with Gasteiger partial charge in [0, 0.05) is 49.6 Å². The number of hydrogen-bond donors (Lipinski definition) is 0. The highest BCUT2D eigenvalue weighted by Gasteiger charge is 2.24. The molecule has 0 radical (unpaired) electrons. The Morgan fingerprint density at radius 1 is 1.08 bits per heavy atom. The van der Waals surface area contributed by atoms with Crippen LogP contribution in [0.4, 0.5) is 17.1 Å². The number of ether oxygens (including phenoxy) is 1. The summed E-state index contributed by atoms with van der Waals surface area (Å²) in [5.41, 5.74) is 1.91. The predicted molar refractivity (Wildman–Crippen MR) is 95.9 cm³/mol. The highest BCUT2D eigenvalue weighted by Crippen LogP contribution is 2.30. The van der Waals surface area contributed by atoms with Crippen LogP contribution in [0.15, 0.2) is 42.5 Å². The van der Waals surface area contributed by atoms with Crippen LogP contribution in [0.25, 0.3) is 0 Å². The van der Waals surface area contributed by atoms with Crippen LogP contribution in [0.3, 0.4) is 0 Å². The van der Waals surface area contributed by atoms with Crippen molar-refractivity contribution in [2.24, 2.45) is 0 Å². The van der Waals surface area contributed by atoms with Crippen molar-refractivity contribution in [1.82, 2.24) is 0 Å². The molecule has 1 fully saturated rings. The van der Waals surface area contributed by atoms with Gasteiger partial charge in [-0.2, -0.15) is 0 Å². The summed E-state index contributed by atoms with van der Waals surface area (Å²) in [5.74, 6) is 0.806. The highest BCUT2D eigenvalue weighted by molar-refractivity contribution is 5.79. The number of nitro groups is 1. The molecule has 7 nitrogen and oxygen atoms in total. The van der Waals surface area contributed by atoms with Crippen molar-refractivity contribution >= 4 is 23.3 Å². The first-order valence-electron chi connectivity index (χ1n) is 8.00. The molecule has 25 heavy (non-hydrogen) atoms. The first-order chi connectivity index (χ1) is 12.1. The molecule has 130 valence electrons. The molecule has 0 atom stereocenters. The molecule has 3 rings (SSSR count). The molecule has 0 spiro atoms. The number of nitrogens with zero attached hydrogens (tertiary/aromatic N) is 3. The Morgan fingerprint density at radius 2 is 1.80 bits per heavy atom. The largest absolute Gasteiger partial charge is 0.497 e. The van der Waals surface area contributed by atoms with E-state index >= 15 is 0 Å². The minimum absolute atomic E-state index is 0.0283. The normalized spacial score (nSPS) is 14.3. The van der Waals surface area contributed by atoms with Crippen LogP contribution in [0.5, 0.6) is 5.75 Å². The van der Waals surface area contributed by atoms with Crippen LogP contribution in [0.2, 0.25) is 0 Å². The van der Waals surface area contributed by atoms with E-state index in [0.717, 1.165) is 24.5 Å². The van der Waals surface area contributed by atoms with Gasteiger partial charge in [0.15, 0.2) is 0 Å². The van der Waals surface area contributed by atoms with Crippen molar-refractivity contribution < 1.29 is 14.5 Å². The zero-order valence-electron chi connectivity index (χ0n) is 13.9. The summed E-state index contributed by atoms with van der Waals surface area (Å²) >= 11 is 0. The predicted octanol–water partition coefficient (Wildman–Crippen LogP) is 2.74. The third-order valence-electron chi connectivity index (χ3n) is 4.37. The molecule has 1 heterocycles. The molecule has 2 aromatic carbocycles. The number of anilines is 2. The van der Waals surface area contributed by atoms with Crippen LogP contribution in [0.1, 0.15) is 10.4 Å². The second-order valence-corrected chi connectivity index (χ2v) is 5.80. The van der Waals surface area contributed by atoms with E-state index in [2.05, 4.69) is 4.90 Å². The number of rotatable bonds is 5. The number of carbonyl (C=O) groups excluding carboxylic acids is 1. The standard InChI is InChI=1S/C18H19N3O4/c1-25-16-4-2-3-15(12-16)19-7-9-20(10-8-19)17-6-5-14(13-22)11-18(17)21(23)24/h2-6,11-13H,7-10H2,1H3. The van der Waals surface area contributed by atoms with Gasteiger partial charge in [-0.25, -0.2) is 0 Å². The topological polar surface area (TPSA) is 75.9 Å². The number of nitro benzene ring substituents is 1. The first-order valence-corrected chi connectivity index (χ1v) is 8.00. The third-order valence-corrected chi connectivity index (χ3v) is 4.37. The molecule has 2 aromatic rings. The Morgan fingerprint density at radius 3 is 2.44 bits per heavy atom. The molecule has 0 bridgehead atoms. The van der Waals surface area contributed by atoms with Crippen LogP contribution in [-0.4, -0.2) is 44.5 Å². The smallest absolute Gasteiger partial charge is 0.293 e. The number of aldehydes is 1. The van der Waals surface area contributed by atoms with Gasteiger partial charge in [0.1, 0.15) is 17.7 Å². The average Bonchev–Trinajstić information content (AvgIpc) is 2.67. The molecule has 0 amide bonds. The van der Waals surface area contributed by atoms with E-state index < -0.39 is 4.92 Å². The second kappa shape index (κ2) is 7.21. The van der Waals surface area contributed by atoms with Crippen molar-refractivity contribution in [3.05, 3.63) is 58.1 Å². The van der Waals surface area contributed by atoms with Crippen LogP contribution in [-0.2, 0) is 0 Å². The van der Waals surface area contributed by atoms with E-state index in [1.54, 1.807) is 19.2 Å². The zero-order valence-corrected chi connectivity index (χ0v) is 13.9. The zero-order chi connectivity index (χ0) is 17.8. The Bertz CT molecular complexity index is 786. The maximum atomic E-state index is 11.3. The van der Waals surface area contributed by atoms with E-state index in [0.29, 0.717) is 30.6 Å². The fourth-order valence-electron chi connectivity index (χ4n) is 3.04. The Balaban J connectivity index is 1.76. The van der Waals surface area contributed by atoms with Crippen molar-refractivity contribution in [2.75, 3.05) is 43.1 Å². The van der Waals surface area contributed by atoms with Crippen LogP contribution >= 0.6 is 0 Å². The van der Waals surface area contributed by atoms with Gasteiger partial charge in [-0.15, -0.1) is 0 Å². The summed E-state index contributed by atoms with van der Waals surface area (Å²) in [7, 11) is 1.64. The minimum Gasteiger partial charge on any atom is -0.497 e. The Kier molecular flexibility index (Phi) is 4.83. The molecule has 1 aliphatic rings. The lowest BCUT2D eigenvalue weighted by Gasteiger charge is -2.37. The lowest BCUT2D eigenvalue weighted by Crippen LogP contribution is -2.46. The monoisotopic (exact) mass is 341 g/mol. The summed E-state index contributed by atoms with van der Waals surface area (Å²) in [4.78, 5) is 26.0. The second-order valence-electron chi connectivity index (χ2n) is 5.80. The molecule has 1 aliphatic heterocycles. The number of carbonyl (C=O) groups is 1. The number of benzene rings is 2. The molecule has 0 aliphatic carbocycles. The van der Waals surface area contributed by atoms with Crippen molar-refractivity contribution in [3.63, 3.8) is 0 Å². The Labute approximate surface area is 145 Å². The van der Waals surface area contributed by atoms with Gasteiger partial charge in [-0.05, 0) is 24.3 Å². The van der Waals surface area contributed by atoms with Crippen molar-refractivity contribution in [2.45, 2.75) is 0 Å². The van der Waals surface area contributed by atoms with E-state index in [9.17, 15) is 14.9 Å². The minimum atomic E-state index is -0.434. The Hall–Kier alpha value is -3.09. The van der Waals surface area contributed by atoms with Crippen molar-refractivity contribution in [3.8, 4) is 5.75 Å². The van der Waals surface area contributed by atoms with E-state index in [4.69, 9.17) is 4.74 Å². The summed E-state index contributed by atoms with van der Waals surface area (Å²) in [6, 6.07) is 12.5. The maximum Gasteiger partial charge on any atom is 0.293 e. The molecule has 0 N–H and O–H groups in total. The lowest BCUT2D eigenvalue weighted by atomic mass is 10.1. The molecular formula is C18H19N3O4. The van der Waals surface area contributed by atoms with Gasteiger partial charge in [0.2, 0.25) is 0 Å². The van der Waals surface area contributed by atoms with Gasteiger partial charge < -0.3 is 14.5 Å². The van der Waals surface area contributed by atoms with Gasteiger partial charge in [0.25, 0.3) is 5.69 Å². The van der Waals surface area contributed by atoms with Gasteiger partial charge in [-0.3, -0.25) is 14.9 Å². The molecule has 0 saturated carbocycles. The molecular weight excluding hydrogens is 322 g/mol. The number of methoxy groups -OCH3 is 1. The van der Waals surface area contributed by atoms with Crippen LogP contribution < -0.4 is 14.5 Å². The fraction of sp³-hybridized carbons (Fsp3) is 0.278. The van der Waals surface area contributed by atoms with Gasteiger partial charge in [0.05, 0.1) is 12.0 Å². The summed E-state index contributed by atoms with van der Waals surface area (Å²) < 4.78 is 5.26. The molecule has 0 aromatic heterocycles. The van der Waals surface area contributed by atoms with E-state index in [1.165, 1.54) is 6.07 Å². The maximum absolute atomic E-state index is 11.3. The molecule has 0 unspecified atom stereocenters. The fourth-order valence-corrected chi connectivity index (χ4v) is 3.04. The van der Waals surface area contributed by atoms with Crippen molar-refractivity contribution in [1.29, 1.82) is 0 Å². The SMILES string of the molecule is COc1cccc(N2CCN(c3ccc(C=O)cc3[N+](=O)[O-])CC2)c1. The van der Waals surface area contributed by atoms with E-state index in [-0.39, 0.29) is 5.69 Å². The number of hydrogen-bond acceptors (Lipinski definition) is 6. The van der Waals surface area contributed by atoms with Gasteiger partial charge in [-0.1, -0.05) is 6.07 Å². The lowest BCUT2D eigenvalue weighted by molar-refractivity contribution is -0.384. The quantitative estimate of drug-likeness (QED) is 0.473. The van der Waals surface area contributed by atoms with Crippen LogP contribution in [0, 0.1) is 10.1 Å². The van der Waals surface area contributed by atoms with E-state index in [1.807, 2.05) is 29.2 Å². The highest BCUT2D eigenvalue weighted by atomic mass is 16.6. The third kappa shape index (κ3) is 3.55. The summed E-state index contributed by atoms with van der Waals surface area (Å²) in [6.07, 6.45) is 0.623. The molecule has 7 heteroatoms. The summed E-state index contributed by atoms with van der Waals surface area (Å²) in [5, 5.41) is 11.3.